The largest absolute Gasteiger partial charge is 0.441 e. The summed E-state index contributed by atoms with van der Waals surface area (Å²) < 4.78 is 5.50. The van der Waals surface area contributed by atoms with E-state index in [2.05, 4.69) is 4.98 Å². The highest BCUT2D eigenvalue weighted by atomic mass is 16.4. The van der Waals surface area contributed by atoms with Crippen molar-refractivity contribution in [1.82, 2.24) is 4.98 Å². The fraction of sp³-hybridized carbons (Fsp3) is 0.167. The summed E-state index contributed by atoms with van der Waals surface area (Å²) in [7, 11) is 0. The van der Waals surface area contributed by atoms with Gasteiger partial charge in [-0.05, 0) is 0 Å². The summed E-state index contributed by atoms with van der Waals surface area (Å²) in [5.74, 6) is 0.900. The molecule has 82 valence electrons. The lowest BCUT2D eigenvalue weighted by atomic mass is 10.2. The van der Waals surface area contributed by atoms with Gasteiger partial charge in [-0.2, -0.15) is 0 Å². The lowest BCUT2D eigenvalue weighted by molar-refractivity contribution is -0.118. The molecule has 2 N–H and O–H groups in total. The molecule has 0 fully saturated rings. The van der Waals surface area contributed by atoms with E-state index in [-0.39, 0.29) is 12.3 Å². The molecule has 4 nitrogen and oxygen atoms in total. The summed E-state index contributed by atoms with van der Waals surface area (Å²) in [5.41, 5.74) is 6.02. The van der Waals surface area contributed by atoms with Crippen LogP contribution in [-0.4, -0.2) is 10.9 Å². The van der Waals surface area contributed by atoms with E-state index in [0.29, 0.717) is 18.1 Å². The highest BCUT2D eigenvalue weighted by Crippen LogP contribution is 2.20. The Labute approximate surface area is 93.1 Å². The fourth-order valence-electron chi connectivity index (χ4n) is 1.39. The van der Waals surface area contributed by atoms with Gasteiger partial charge in [0.2, 0.25) is 5.91 Å². The fourth-order valence-corrected chi connectivity index (χ4v) is 1.39. The second-order valence-corrected chi connectivity index (χ2v) is 3.45. The van der Waals surface area contributed by atoms with Crippen molar-refractivity contribution < 1.29 is 9.21 Å². The summed E-state index contributed by atoms with van der Waals surface area (Å²) in [6.07, 6.45) is 2.36. The number of hydrogen-bond acceptors (Lipinski definition) is 3. The lowest BCUT2D eigenvalue weighted by Gasteiger charge is -1.94. The number of hydrogen-bond donors (Lipinski definition) is 1. The molecule has 0 saturated heterocycles. The van der Waals surface area contributed by atoms with Crippen LogP contribution in [0.15, 0.2) is 40.9 Å². The van der Waals surface area contributed by atoms with Gasteiger partial charge in [-0.25, -0.2) is 4.98 Å². The zero-order chi connectivity index (χ0) is 11.4. The molecule has 0 aliphatic heterocycles. The average Bonchev–Trinajstić information content (AvgIpc) is 2.76. The zero-order valence-electron chi connectivity index (χ0n) is 8.72. The van der Waals surface area contributed by atoms with Gasteiger partial charge in [0.1, 0.15) is 0 Å². The van der Waals surface area contributed by atoms with Crippen molar-refractivity contribution >= 4 is 5.91 Å². The Morgan fingerprint density at radius 3 is 2.75 bits per heavy atom. The first-order valence-electron chi connectivity index (χ1n) is 5.04. The van der Waals surface area contributed by atoms with Crippen molar-refractivity contribution in [2.45, 2.75) is 12.8 Å². The molecule has 0 saturated carbocycles. The second-order valence-electron chi connectivity index (χ2n) is 3.45. The molecule has 1 aromatic carbocycles. The molecule has 0 spiro atoms. The van der Waals surface area contributed by atoms with Crippen LogP contribution < -0.4 is 5.73 Å². The number of nitrogens with zero attached hydrogens (tertiary/aromatic N) is 1. The Bertz CT molecular complexity index is 477. The highest BCUT2D eigenvalue weighted by Gasteiger charge is 2.06. The first-order chi connectivity index (χ1) is 7.75. The molecule has 0 radical (unpaired) electrons. The SMILES string of the molecule is NC(=O)CCc1ncc(-c2ccccc2)o1. The minimum absolute atomic E-state index is 0.259. The van der Waals surface area contributed by atoms with Crippen LogP contribution in [0.2, 0.25) is 0 Å². The first-order valence-corrected chi connectivity index (χ1v) is 5.04. The van der Waals surface area contributed by atoms with Crippen molar-refractivity contribution in [1.29, 1.82) is 0 Å². The molecule has 1 aromatic heterocycles. The van der Waals surface area contributed by atoms with E-state index in [0.717, 1.165) is 5.56 Å². The predicted molar refractivity (Wildman–Crippen MR) is 59.5 cm³/mol. The van der Waals surface area contributed by atoms with Gasteiger partial charge in [-0.1, -0.05) is 30.3 Å². The summed E-state index contributed by atoms with van der Waals surface area (Å²) in [6, 6.07) is 9.69. The van der Waals surface area contributed by atoms with Crippen molar-refractivity contribution in [3.05, 3.63) is 42.4 Å². The van der Waals surface area contributed by atoms with Crippen molar-refractivity contribution in [3.63, 3.8) is 0 Å². The molecule has 1 amide bonds. The van der Waals surface area contributed by atoms with E-state index in [1.165, 1.54) is 0 Å². The molecular weight excluding hydrogens is 204 g/mol. The van der Waals surface area contributed by atoms with E-state index in [1.807, 2.05) is 30.3 Å². The number of primary amides is 1. The van der Waals surface area contributed by atoms with Gasteiger partial charge in [0.25, 0.3) is 0 Å². The highest BCUT2D eigenvalue weighted by molar-refractivity contribution is 5.73. The number of aromatic nitrogens is 1. The molecule has 2 rings (SSSR count). The summed E-state index contributed by atoms with van der Waals surface area (Å²) in [6.45, 7) is 0. The topological polar surface area (TPSA) is 69.1 Å². The molecule has 0 unspecified atom stereocenters. The monoisotopic (exact) mass is 216 g/mol. The molecule has 1 heterocycles. The third-order valence-corrected chi connectivity index (χ3v) is 2.20. The van der Waals surface area contributed by atoms with E-state index in [1.54, 1.807) is 6.20 Å². The van der Waals surface area contributed by atoms with Gasteiger partial charge < -0.3 is 10.2 Å². The Kier molecular flexibility index (Phi) is 3.00. The molecule has 0 aliphatic rings. The van der Waals surface area contributed by atoms with Gasteiger partial charge >= 0.3 is 0 Å². The second kappa shape index (κ2) is 4.61. The Morgan fingerprint density at radius 1 is 1.31 bits per heavy atom. The van der Waals surface area contributed by atoms with Crippen LogP contribution in [0.4, 0.5) is 0 Å². The van der Waals surface area contributed by atoms with Crippen molar-refractivity contribution in [3.8, 4) is 11.3 Å². The maximum Gasteiger partial charge on any atom is 0.217 e. The van der Waals surface area contributed by atoms with Crippen LogP contribution in [0, 0.1) is 0 Å². The minimum Gasteiger partial charge on any atom is -0.441 e. The Morgan fingerprint density at radius 2 is 2.06 bits per heavy atom. The van der Waals surface area contributed by atoms with Crippen LogP contribution in [0.25, 0.3) is 11.3 Å². The van der Waals surface area contributed by atoms with Crippen LogP contribution >= 0.6 is 0 Å². The summed E-state index contributed by atoms with van der Waals surface area (Å²) >= 11 is 0. The minimum atomic E-state index is -0.348. The van der Waals surface area contributed by atoms with Crippen LogP contribution in [-0.2, 0) is 11.2 Å². The van der Waals surface area contributed by atoms with E-state index in [4.69, 9.17) is 10.2 Å². The Balaban J connectivity index is 2.11. The predicted octanol–water partition coefficient (Wildman–Crippen LogP) is 1.76. The third-order valence-electron chi connectivity index (χ3n) is 2.20. The van der Waals surface area contributed by atoms with Crippen LogP contribution in [0.5, 0.6) is 0 Å². The standard InChI is InChI=1S/C12H12N2O2/c13-11(15)6-7-12-14-8-10(16-12)9-4-2-1-3-5-9/h1-5,8H,6-7H2,(H2,13,15). The van der Waals surface area contributed by atoms with Crippen LogP contribution in [0.1, 0.15) is 12.3 Å². The number of benzene rings is 1. The molecule has 4 heteroatoms. The number of carbonyl (C=O) groups excluding carboxylic acids is 1. The summed E-state index contributed by atoms with van der Waals surface area (Å²) in [4.78, 5) is 14.7. The summed E-state index contributed by atoms with van der Waals surface area (Å²) in [5, 5.41) is 0. The van der Waals surface area contributed by atoms with Crippen molar-refractivity contribution in [2.75, 3.05) is 0 Å². The maximum atomic E-state index is 10.6. The van der Waals surface area contributed by atoms with Gasteiger partial charge in [0.05, 0.1) is 6.20 Å². The smallest absolute Gasteiger partial charge is 0.217 e. The quantitative estimate of drug-likeness (QED) is 0.846. The number of nitrogens with two attached hydrogens (primary N) is 1. The molecule has 0 bridgehead atoms. The lowest BCUT2D eigenvalue weighted by Crippen LogP contribution is -2.11. The van der Waals surface area contributed by atoms with E-state index >= 15 is 0 Å². The number of rotatable bonds is 4. The molecule has 2 aromatic rings. The zero-order valence-corrected chi connectivity index (χ0v) is 8.72. The first kappa shape index (κ1) is 10.4. The number of oxazole rings is 1. The van der Waals surface area contributed by atoms with Gasteiger partial charge in [0, 0.05) is 18.4 Å². The Hall–Kier alpha value is -2.10. The molecule has 16 heavy (non-hydrogen) atoms. The number of aryl methyl sites for hydroxylation is 1. The van der Waals surface area contributed by atoms with E-state index in [9.17, 15) is 4.79 Å². The van der Waals surface area contributed by atoms with Gasteiger partial charge in [0.15, 0.2) is 11.7 Å². The number of carbonyl (C=O) groups is 1. The number of amides is 1. The van der Waals surface area contributed by atoms with Crippen molar-refractivity contribution in [2.24, 2.45) is 5.73 Å². The van der Waals surface area contributed by atoms with Crippen LogP contribution in [0.3, 0.4) is 0 Å². The van der Waals surface area contributed by atoms with Gasteiger partial charge in [-0.3, -0.25) is 4.79 Å². The normalized spacial score (nSPS) is 10.2. The molecule has 0 aliphatic carbocycles. The van der Waals surface area contributed by atoms with E-state index < -0.39 is 0 Å². The maximum absolute atomic E-state index is 10.6. The van der Waals surface area contributed by atoms with Gasteiger partial charge in [-0.15, -0.1) is 0 Å². The molecule has 0 atom stereocenters. The average molecular weight is 216 g/mol. The third kappa shape index (κ3) is 2.48. The molecular formula is C12H12N2O2.